The molecule has 1 saturated heterocycles. The minimum absolute atomic E-state index is 0.115. The first kappa shape index (κ1) is 19.2. The molecule has 0 aromatic heterocycles. The predicted molar refractivity (Wildman–Crippen MR) is 102 cm³/mol. The van der Waals surface area contributed by atoms with Gasteiger partial charge in [-0.25, -0.2) is 0 Å². The quantitative estimate of drug-likeness (QED) is 0.812. The van der Waals surface area contributed by atoms with Crippen LogP contribution in [0, 0.1) is 5.41 Å². The summed E-state index contributed by atoms with van der Waals surface area (Å²) in [5.41, 5.74) is 1.39. The molecule has 5 heteroatoms. The lowest BCUT2D eigenvalue weighted by Crippen LogP contribution is -2.50. The van der Waals surface area contributed by atoms with Gasteiger partial charge in [0.15, 0.2) is 0 Å². The Labute approximate surface area is 157 Å². The van der Waals surface area contributed by atoms with Crippen LogP contribution in [-0.2, 0) is 16.0 Å². The minimum atomic E-state index is 0.115. The molecule has 1 aliphatic heterocycles. The van der Waals surface area contributed by atoms with Gasteiger partial charge in [-0.2, -0.15) is 0 Å². The summed E-state index contributed by atoms with van der Waals surface area (Å²) >= 11 is 0. The maximum atomic E-state index is 12.4. The lowest BCUT2D eigenvalue weighted by atomic mass is 9.76. The van der Waals surface area contributed by atoms with Crippen LogP contribution in [0.1, 0.15) is 37.7 Å². The Kier molecular flexibility index (Phi) is 6.54. The first-order valence-corrected chi connectivity index (χ1v) is 9.80. The van der Waals surface area contributed by atoms with E-state index in [1.54, 1.807) is 7.11 Å². The van der Waals surface area contributed by atoms with Crippen molar-refractivity contribution in [3.63, 3.8) is 0 Å². The molecule has 26 heavy (non-hydrogen) atoms. The van der Waals surface area contributed by atoms with Gasteiger partial charge in [0.25, 0.3) is 0 Å². The SMILES string of the molecule is COc1ccccc1CCNC(=O)CN1CCC[C@@]2(CCC[C@H]2OC)C1. The van der Waals surface area contributed by atoms with E-state index in [-0.39, 0.29) is 11.3 Å². The summed E-state index contributed by atoms with van der Waals surface area (Å²) in [5, 5.41) is 3.07. The van der Waals surface area contributed by atoms with Crippen LogP contribution < -0.4 is 10.1 Å². The van der Waals surface area contributed by atoms with Gasteiger partial charge in [-0.1, -0.05) is 24.6 Å². The molecule has 1 amide bonds. The van der Waals surface area contributed by atoms with Gasteiger partial charge < -0.3 is 14.8 Å². The van der Waals surface area contributed by atoms with Gasteiger partial charge in [-0.05, 0) is 50.3 Å². The third-order valence-electron chi connectivity index (χ3n) is 6.07. The highest BCUT2D eigenvalue weighted by molar-refractivity contribution is 5.78. The third-order valence-corrected chi connectivity index (χ3v) is 6.07. The van der Waals surface area contributed by atoms with Gasteiger partial charge in [0, 0.05) is 25.6 Å². The van der Waals surface area contributed by atoms with E-state index in [0.717, 1.165) is 43.7 Å². The fourth-order valence-electron chi connectivity index (χ4n) is 4.84. The number of rotatable bonds is 7. The fraction of sp³-hybridized carbons (Fsp3) is 0.667. The molecule has 1 spiro atoms. The first-order valence-electron chi connectivity index (χ1n) is 9.80. The molecule has 144 valence electrons. The van der Waals surface area contributed by atoms with Gasteiger partial charge in [0.05, 0.1) is 19.8 Å². The van der Waals surface area contributed by atoms with Crippen molar-refractivity contribution in [1.29, 1.82) is 0 Å². The van der Waals surface area contributed by atoms with Crippen molar-refractivity contribution in [3.05, 3.63) is 29.8 Å². The van der Waals surface area contributed by atoms with Crippen LogP contribution in [-0.4, -0.2) is 57.3 Å². The zero-order valence-electron chi connectivity index (χ0n) is 16.1. The Balaban J connectivity index is 1.46. The van der Waals surface area contributed by atoms with Gasteiger partial charge in [0.2, 0.25) is 5.91 Å². The van der Waals surface area contributed by atoms with Crippen molar-refractivity contribution in [1.82, 2.24) is 10.2 Å². The third kappa shape index (κ3) is 4.38. The lowest BCUT2D eigenvalue weighted by Gasteiger charge is -2.43. The first-order chi connectivity index (χ1) is 12.7. The second-order valence-corrected chi connectivity index (χ2v) is 7.70. The van der Waals surface area contributed by atoms with Crippen molar-refractivity contribution in [2.45, 2.75) is 44.6 Å². The number of piperidine rings is 1. The standard InChI is InChI=1S/C21H32N2O3/c1-25-18-8-4-3-7-17(18)10-13-22-20(24)15-23-14-6-12-21(16-23)11-5-9-19(21)26-2/h3-4,7-8,19H,5-6,9-16H2,1-2H3,(H,22,24)/t19-,21+/m1/s1. The number of hydrogen-bond acceptors (Lipinski definition) is 4. The van der Waals surface area contributed by atoms with Crippen LogP contribution in [0.15, 0.2) is 24.3 Å². The molecule has 2 atom stereocenters. The van der Waals surface area contributed by atoms with Crippen molar-refractivity contribution < 1.29 is 14.3 Å². The zero-order valence-corrected chi connectivity index (χ0v) is 16.1. The Hall–Kier alpha value is -1.59. The Morgan fingerprint density at radius 2 is 2.08 bits per heavy atom. The number of nitrogens with one attached hydrogen (secondary N) is 1. The molecule has 1 N–H and O–H groups in total. The molecule has 0 unspecified atom stereocenters. The number of ether oxygens (including phenoxy) is 2. The van der Waals surface area contributed by atoms with Crippen LogP contribution in [0.2, 0.25) is 0 Å². The van der Waals surface area contributed by atoms with Gasteiger partial charge in [-0.3, -0.25) is 9.69 Å². The summed E-state index contributed by atoms with van der Waals surface area (Å²) in [7, 11) is 3.52. The van der Waals surface area contributed by atoms with E-state index in [4.69, 9.17) is 9.47 Å². The molecule has 2 aliphatic rings. The predicted octanol–water partition coefficient (Wildman–Crippen LogP) is 2.64. The molecular weight excluding hydrogens is 328 g/mol. The Morgan fingerprint density at radius 1 is 1.27 bits per heavy atom. The maximum absolute atomic E-state index is 12.4. The van der Waals surface area contributed by atoms with E-state index >= 15 is 0 Å². The summed E-state index contributed by atoms with van der Waals surface area (Å²) in [6.45, 7) is 3.13. The summed E-state index contributed by atoms with van der Waals surface area (Å²) in [4.78, 5) is 14.7. The van der Waals surface area contributed by atoms with Crippen LogP contribution in [0.25, 0.3) is 0 Å². The molecule has 0 radical (unpaired) electrons. The van der Waals surface area contributed by atoms with E-state index < -0.39 is 0 Å². The molecule has 1 aromatic rings. The number of para-hydroxylation sites is 1. The molecule has 0 bridgehead atoms. The van der Waals surface area contributed by atoms with Crippen LogP contribution >= 0.6 is 0 Å². The van der Waals surface area contributed by atoms with Gasteiger partial charge in [-0.15, -0.1) is 0 Å². The minimum Gasteiger partial charge on any atom is -0.496 e. The average Bonchev–Trinajstić information content (AvgIpc) is 3.03. The second kappa shape index (κ2) is 8.87. The topological polar surface area (TPSA) is 50.8 Å². The lowest BCUT2D eigenvalue weighted by molar-refractivity contribution is -0.123. The van der Waals surface area contributed by atoms with Crippen molar-refractivity contribution in [3.8, 4) is 5.75 Å². The highest BCUT2D eigenvalue weighted by atomic mass is 16.5. The van der Waals surface area contributed by atoms with Crippen molar-refractivity contribution in [2.24, 2.45) is 5.41 Å². The number of hydrogen-bond donors (Lipinski definition) is 1. The number of likely N-dealkylation sites (tertiary alicyclic amines) is 1. The van der Waals surface area contributed by atoms with Crippen molar-refractivity contribution in [2.75, 3.05) is 40.4 Å². The number of carbonyl (C=O) groups excluding carboxylic acids is 1. The molecule has 1 aliphatic carbocycles. The van der Waals surface area contributed by atoms with Crippen LogP contribution in [0.4, 0.5) is 0 Å². The number of methoxy groups -OCH3 is 2. The summed E-state index contributed by atoms with van der Waals surface area (Å²) in [5.74, 6) is 0.996. The molecule has 1 heterocycles. The summed E-state index contributed by atoms with van der Waals surface area (Å²) in [6, 6.07) is 7.96. The Bertz CT molecular complexity index is 607. The molecular formula is C21H32N2O3. The van der Waals surface area contributed by atoms with E-state index in [1.165, 1.54) is 19.3 Å². The normalized spacial score (nSPS) is 26.2. The second-order valence-electron chi connectivity index (χ2n) is 7.70. The summed E-state index contributed by atoms with van der Waals surface area (Å²) < 4.78 is 11.1. The number of benzene rings is 1. The smallest absolute Gasteiger partial charge is 0.234 e. The monoisotopic (exact) mass is 360 g/mol. The highest BCUT2D eigenvalue weighted by Crippen LogP contribution is 2.46. The van der Waals surface area contributed by atoms with Crippen LogP contribution in [0.5, 0.6) is 5.75 Å². The largest absolute Gasteiger partial charge is 0.496 e. The van der Waals surface area contributed by atoms with Crippen LogP contribution in [0.3, 0.4) is 0 Å². The fourth-order valence-corrected chi connectivity index (χ4v) is 4.84. The molecule has 3 rings (SSSR count). The van der Waals surface area contributed by atoms with Crippen molar-refractivity contribution >= 4 is 5.91 Å². The van der Waals surface area contributed by atoms with E-state index in [1.807, 2.05) is 31.4 Å². The number of nitrogens with zero attached hydrogens (tertiary/aromatic N) is 1. The maximum Gasteiger partial charge on any atom is 0.234 e. The highest BCUT2D eigenvalue weighted by Gasteiger charge is 2.45. The number of carbonyl (C=O) groups is 1. The van der Waals surface area contributed by atoms with E-state index in [0.29, 0.717) is 19.2 Å². The van der Waals surface area contributed by atoms with Gasteiger partial charge >= 0.3 is 0 Å². The molecule has 1 saturated carbocycles. The zero-order chi connectivity index (χ0) is 18.4. The molecule has 2 fully saturated rings. The molecule has 5 nitrogen and oxygen atoms in total. The summed E-state index contributed by atoms with van der Waals surface area (Å²) in [6.07, 6.45) is 7.18. The Morgan fingerprint density at radius 3 is 2.88 bits per heavy atom. The average molecular weight is 360 g/mol. The van der Waals surface area contributed by atoms with E-state index in [2.05, 4.69) is 10.2 Å². The number of amides is 1. The van der Waals surface area contributed by atoms with E-state index in [9.17, 15) is 4.79 Å². The molecule has 1 aromatic carbocycles. The van der Waals surface area contributed by atoms with Gasteiger partial charge in [0.1, 0.15) is 5.75 Å².